The van der Waals surface area contributed by atoms with Gasteiger partial charge in [0, 0.05) is 51.1 Å². The minimum atomic E-state index is -0.434. The van der Waals surface area contributed by atoms with Crippen LogP contribution in [0, 0.1) is 6.92 Å². The lowest BCUT2D eigenvalue weighted by molar-refractivity contribution is -0.136. The molecule has 2 fully saturated rings. The molecule has 0 bridgehead atoms. The molecule has 1 aromatic rings. The van der Waals surface area contributed by atoms with Gasteiger partial charge in [0.05, 0.1) is 12.7 Å². The van der Waals surface area contributed by atoms with Gasteiger partial charge in [-0.2, -0.15) is 0 Å². The number of benzene rings is 1. The molecular weight excluding hydrogens is 378 g/mol. The number of nitrogens with zero attached hydrogens (tertiary/aromatic N) is 2. The summed E-state index contributed by atoms with van der Waals surface area (Å²) in [5, 5.41) is 3.11. The van der Waals surface area contributed by atoms with Crippen molar-refractivity contribution in [2.75, 3.05) is 50.8 Å². The Morgan fingerprint density at radius 2 is 2.03 bits per heavy atom. The average Bonchev–Trinajstić information content (AvgIpc) is 2.77. The van der Waals surface area contributed by atoms with E-state index in [1.165, 1.54) is 17.7 Å². The van der Waals surface area contributed by atoms with E-state index in [4.69, 9.17) is 9.47 Å². The fourth-order valence-corrected chi connectivity index (χ4v) is 4.13. The Kier molecular flexibility index (Phi) is 8.97. The highest BCUT2D eigenvalue weighted by Crippen LogP contribution is 2.18. The van der Waals surface area contributed by atoms with Crippen molar-refractivity contribution in [2.24, 2.45) is 0 Å². The van der Waals surface area contributed by atoms with E-state index in [0.29, 0.717) is 6.61 Å². The molecule has 0 spiro atoms. The zero-order valence-corrected chi connectivity index (χ0v) is 18.9. The van der Waals surface area contributed by atoms with Gasteiger partial charge >= 0.3 is 0 Å². The number of aryl methyl sites for hydroxylation is 1. The van der Waals surface area contributed by atoms with Gasteiger partial charge in [-0.25, -0.2) is 0 Å². The molecule has 3 unspecified atom stereocenters. The first-order chi connectivity index (χ1) is 14.5. The third-order valence-electron chi connectivity index (χ3n) is 6.18. The maximum atomic E-state index is 12.4. The first kappa shape index (κ1) is 23.0. The van der Waals surface area contributed by atoms with Crippen LogP contribution in [0.15, 0.2) is 24.3 Å². The number of anilines is 1. The SMILES string of the molecule is Cc1cccc(N2CCN(CCC(C)NC(=O)C(C)OCC3CCCCO3)CC2)c1. The van der Waals surface area contributed by atoms with Gasteiger partial charge in [-0.05, 0) is 64.2 Å². The molecule has 1 N–H and O–H groups in total. The average molecular weight is 418 g/mol. The summed E-state index contributed by atoms with van der Waals surface area (Å²) in [7, 11) is 0. The molecule has 2 saturated heterocycles. The Bertz CT molecular complexity index is 655. The van der Waals surface area contributed by atoms with Gasteiger partial charge in [0.25, 0.3) is 0 Å². The van der Waals surface area contributed by atoms with Crippen LogP contribution in [0.5, 0.6) is 0 Å². The number of piperazine rings is 1. The van der Waals surface area contributed by atoms with E-state index in [9.17, 15) is 4.79 Å². The van der Waals surface area contributed by atoms with Crippen molar-refractivity contribution in [1.82, 2.24) is 10.2 Å². The molecule has 3 rings (SSSR count). The second-order valence-electron chi connectivity index (χ2n) is 8.83. The van der Waals surface area contributed by atoms with E-state index in [2.05, 4.69) is 53.2 Å². The summed E-state index contributed by atoms with van der Waals surface area (Å²) in [5.41, 5.74) is 2.63. The van der Waals surface area contributed by atoms with Crippen LogP contribution in [-0.4, -0.2) is 75.0 Å². The highest BCUT2D eigenvalue weighted by molar-refractivity contribution is 5.80. The lowest BCUT2D eigenvalue weighted by Crippen LogP contribution is -2.48. The van der Waals surface area contributed by atoms with Crippen LogP contribution in [0.3, 0.4) is 0 Å². The summed E-state index contributed by atoms with van der Waals surface area (Å²) in [6, 6.07) is 8.88. The molecule has 168 valence electrons. The van der Waals surface area contributed by atoms with Gasteiger partial charge in [0.15, 0.2) is 0 Å². The summed E-state index contributed by atoms with van der Waals surface area (Å²) >= 11 is 0. The summed E-state index contributed by atoms with van der Waals surface area (Å²) in [6.07, 6.45) is 4.01. The molecule has 2 heterocycles. The van der Waals surface area contributed by atoms with Crippen LogP contribution in [0.4, 0.5) is 5.69 Å². The lowest BCUT2D eigenvalue weighted by Gasteiger charge is -2.36. The number of hydrogen-bond acceptors (Lipinski definition) is 5. The molecule has 2 aliphatic heterocycles. The normalized spacial score (nSPS) is 22.5. The Morgan fingerprint density at radius 1 is 1.23 bits per heavy atom. The van der Waals surface area contributed by atoms with Crippen molar-refractivity contribution in [3.05, 3.63) is 29.8 Å². The number of hydrogen-bond donors (Lipinski definition) is 1. The van der Waals surface area contributed by atoms with Crippen molar-refractivity contribution in [2.45, 2.75) is 64.7 Å². The van der Waals surface area contributed by atoms with E-state index in [-0.39, 0.29) is 18.1 Å². The first-order valence-corrected chi connectivity index (χ1v) is 11.6. The molecule has 30 heavy (non-hydrogen) atoms. The van der Waals surface area contributed by atoms with Gasteiger partial charge < -0.3 is 19.7 Å². The minimum absolute atomic E-state index is 0.0254. The summed E-state index contributed by atoms with van der Waals surface area (Å²) in [5.74, 6) is -0.0254. The van der Waals surface area contributed by atoms with Gasteiger partial charge in [-0.15, -0.1) is 0 Å². The molecule has 1 amide bonds. The Morgan fingerprint density at radius 3 is 2.73 bits per heavy atom. The Balaban J connectivity index is 1.30. The van der Waals surface area contributed by atoms with E-state index in [1.54, 1.807) is 0 Å². The Hall–Kier alpha value is -1.63. The molecule has 0 aromatic heterocycles. The number of carbonyl (C=O) groups is 1. The third kappa shape index (κ3) is 7.25. The fraction of sp³-hybridized carbons (Fsp3) is 0.708. The predicted octanol–water partition coefficient (Wildman–Crippen LogP) is 2.99. The van der Waals surface area contributed by atoms with Crippen LogP contribution in [0.1, 0.15) is 45.1 Å². The molecule has 0 radical (unpaired) electrons. The standard InChI is InChI=1S/C24H39N3O3/c1-19-7-6-8-22(17-19)27-14-12-26(13-15-27)11-10-20(2)25-24(28)21(3)30-18-23-9-4-5-16-29-23/h6-8,17,20-21,23H,4-5,9-16,18H2,1-3H3,(H,25,28). The van der Waals surface area contributed by atoms with Crippen LogP contribution in [-0.2, 0) is 14.3 Å². The smallest absolute Gasteiger partial charge is 0.249 e. The summed E-state index contributed by atoms with van der Waals surface area (Å²) in [6.45, 7) is 12.6. The molecule has 3 atom stereocenters. The molecule has 6 heteroatoms. The van der Waals surface area contributed by atoms with E-state index in [0.717, 1.165) is 58.6 Å². The Labute approximate surface area is 181 Å². The van der Waals surface area contributed by atoms with Crippen molar-refractivity contribution >= 4 is 11.6 Å². The summed E-state index contributed by atoms with van der Waals surface area (Å²) in [4.78, 5) is 17.4. The number of carbonyl (C=O) groups excluding carboxylic acids is 1. The second kappa shape index (κ2) is 11.7. The van der Waals surface area contributed by atoms with Crippen LogP contribution >= 0.6 is 0 Å². The van der Waals surface area contributed by atoms with E-state index in [1.807, 2.05) is 6.92 Å². The number of rotatable bonds is 9. The first-order valence-electron chi connectivity index (χ1n) is 11.6. The fourth-order valence-electron chi connectivity index (χ4n) is 4.13. The molecule has 0 saturated carbocycles. The van der Waals surface area contributed by atoms with Crippen molar-refractivity contribution < 1.29 is 14.3 Å². The van der Waals surface area contributed by atoms with Gasteiger partial charge in [-0.3, -0.25) is 9.69 Å². The van der Waals surface area contributed by atoms with Crippen molar-refractivity contribution in [3.8, 4) is 0 Å². The minimum Gasteiger partial charge on any atom is -0.376 e. The summed E-state index contributed by atoms with van der Waals surface area (Å²) < 4.78 is 11.4. The number of amides is 1. The zero-order valence-electron chi connectivity index (χ0n) is 18.9. The second-order valence-corrected chi connectivity index (χ2v) is 8.83. The maximum absolute atomic E-state index is 12.4. The number of nitrogens with one attached hydrogen (secondary N) is 1. The molecule has 0 aliphatic carbocycles. The molecule has 2 aliphatic rings. The molecule has 1 aromatic carbocycles. The quantitative estimate of drug-likeness (QED) is 0.669. The molecular formula is C24H39N3O3. The van der Waals surface area contributed by atoms with E-state index < -0.39 is 6.10 Å². The third-order valence-corrected chi connectivity index (χ3v) is 6.18. The lowest BCUT2D eigenvalue weighted by atomic mass is 10.1. The van der Waals surface area contributed by atoms with Crippen LogP contribution in [0.25, 0.3) is 0 Å². The predicted molar refractivity (Wildman–Crippen MR) is 121 cm³/mol. The van der Waals surface area contributed by atoms with Gasteiger partial charge in [0.2, 0.25) is 5.91 Å². The van der Waals surface area contributed by atoms with Gasteiger partial charge in [0.1, 0.15) is 6.10 Å². The largest absolute Gasteiger partial charge is 0.376 e. The highest BCUT2D eigenvalue weighted by Gasteiger charge is 2.21. The van der Waals surface area contributed by atoms with Crippen LogP contribution in [0.2, 0.25) is 0 Å². The van der Waals surface area contributed by atoms with Crippen LogP contribution < -0.4 is 10.2 Å². The molecule has 6 nitrogen and oxygen atoms in total. The van der Waals surface area contributed by atoms with Crippen molar-refractivity contribution in [3.63, 3.8) is 0 Å². The van der Waals surface area contributed by atoms with E-state index >= 15 is 0 Å². The van der Waals surface area contributed by atoms with Crippen molar-refractivity contribution in [1.29, 1.82) is 0 Å². The monoisotopic (exact) mass is 417 g/mol. The van der Waals surface area contributed by atoms with Gasteiger partial charge in [-0.1, -0.05) is 12.1 Å². The highest BCUT2D eigenvalue weighted by atomic mass is 16.5. The zero-order chi connectivity index (χ0) is 21.3. The maximum Gasteiger partial charge on any atom is 0.249 e. The number of ether oxygens (including phenoxy) is 2. The topological polar surface area (TPSA) is 54.0 Å².